The summed E-state index contributed by atoms with van der Waals surface area (Å²) < 4.78 is 0. The third kappa shape index (κ3) is 2.78. The van der Waals surface area contributed by atoms with Crippen LogP contribution in [0.1, 0.15) is 52.9 Å². The summed E-state index contributed by atoms with van der Waals surface area (Å²) in [7, 11) is 0. The van der Waals surface area contributed by atoms with Crippen molar-refractivity contribution >= 4 is 0 Å². The van der Waals surface area contributed by atoms with Gasteiger partial charge in [-0.2, -0.15) is 0 Å². The van der Waals surface area contributed by atoms with Crippen LogP contribution in [0, 0.1) is 5.41 Å². The van der Waals surface area contributed by atoms with Crippen LogP contribution in [0.25, 0.3) is 0 Å². The lowest BCUT2D eigenvalue weighted by Crippen LogP contribution is -2.48. The zero-order chi connectivity index (χ0) is 11.6. The van der Waals surface area contributed by atoms with Crippen LogP contribution in [-0.4, -0.2) is 36.6 Å². The molecule has 2 unspecified atom stereocenters. The highest BCUT2D eigenvalue weighted by atomic mass is 15.2. The Morgan fingerprint density at radius 3 is 2.56 bits per heavy atom. The quantitative estimate of drug-likeness (QED) is 0.772. The first-order valence-electron chi connectivity index (χ1n) is 7.16. The van der Waals surface area contributed by atoms with E-state index in [1.54, 1.807) is 0 Å². The molecular formula is C14H28N2. The number of rotatable bonds is 5. The molecule has 1 aliphatic carbocycles. The molecule has 0 amide bonds. The van der Waals surface area contributed by atoms with Crippen LogP contribution in [0.5, 0.6) is 0 Å². The van der Waals surface area contributed by atoms with E-state index in [9.17, 15) is 0 Å². The summed E-state index contributed by atoms with van der Waals surface area (Å²) in [5.74, 6) is 0. The molecule has 2 atom stereocenters. The van der Waals surface area contributed by atoms with Crippen LogP contribution in [0.4, 0.5) is 0 Å². The Morgan fingerprint density at radius 1 is 1.31 bits per heavy atom. The number of nitrogens with zero attached hydrogens (tertiary/aromatic N) is 1. The second kappa shape index (κ2) is 5.05. The predicted octanol–water partition coefficient (Wildman–Crippen LogP) is 2.64. The number of hydrogen-bond acceptors (Lipinski definition) is 2. The van der Waals surface area contributed by atoms with Crippen LogP contribution >= 0.6 is 0 Å². The normalized spacial score (nSPS) is 33.9. The summed E-state index contributed by atoms with van der Waals surface area (Å²) in [5.41, 5.74) is 0.700. The SMILES string of the molecule is CCN1CCC(NCC2(CC)CC2)CC1C. The van der Waals surface area contributed by atoms with Crippen molar-refractivity contribution in [2.24, 2.45) is 5.41 Å². The molecule has 2 fully saturated rings. The van der Waals surface area contributed by atoms with Crippen LogP contribution < -0.4 is 5.32 Å². The van der Waals surface area contributed by atoms with Crippen molar-refractivity contribution in [3.63, 3.8) is 0 Å². The zero-order valence-corrected chi connectivity index (χ0v) is 11.3. The Balaban J connectivity index is 1.71. The molecule has 0 bridgehead atoms. The van der Waals surface area contributed by atoms with E-state index in [0.717, 1.165) is 12.1 Å². The van der Waals surface area contributed by atoms with E-state index in [1.807, 2.05) is 0 Å². The molecule has 1 saturated heterocycles. The van der Waals surface area contributed by atoms with Crippen LogP contribution in [-0.2, 0) is 0 Å². The third-order valence-corrected chi connectivity index (χ3v) is 4.89. The average molecular weight is 224 g/mol. The Labute approximate surface area is 101 Å². The summed E-state index contributed by atoms with van der Waals surface area (Å²) in [4.78, 5) is 2.60. The van der Waals surface area contributed by atoms with Gasteiger partial charge in [-0.1, -0.05) is 13.8 Å². The Bertz CT molecular complexity index is 223. The largest absolute Gasteiger partial charge is 0.313 e. The molecule has 1 aliphatic heterocycles. The second-order valence-electron chi connectivity index (χ2n) is 5.93. The lowest BCUT2D eigenvalue weighted by Gasteiger charge is -2.38. The highest BCUT2D eigenvalue weighted by molar-refractivity contribution is 4.95. The molecule has 2 rings (SSSR count). The van der Waals surface area contributed by atoms with Crippen LogP contribution in [0.15, 0.2) is 0 Å². The average Bonchev–Trinajstić information content (AvgIpc) is 3.07. The molecule has 2 heteroatoms. The number of hydrogen-bond donors (Lipinski definition) is 1. The fourth-order valence-electron chi connectivity index (χ4n) is 3.07. The van der Waals surface area contributed by atoms with Gasteiger partial charge in [-0.05, 0) is 57.5 Å². The van der Waals surface area contributed by atoms with Crippen molar-refractivity contribution in [3.8, 4) is 0 Å². The summed E-state index contributed by atoms with van der Waals surface area (Å²) >= 11 is 0. The fraction of sp³-hybridized carbons (Fsp3) is 1.00. The van der Waals surface area contributed by atoms with Gasteiger partial charge in [0.15, 0.2) is 0 Å². The van der Waals surface area contributed by atoms with E-state index in [4.69, 9.17) is 0 Å². The van der Waals surface area contributed by atoms with Gasteiger partial charge in [-0.15, -0.1) is 0 Å². The van der Waals surface area contributed by atoms with Crippen molar-refractivity contribution in [2.45, 2.75) is 65.0 Å². The van der Waals surface area contributed by atoms with Crippen LogP contribution in [0.2, 0.25) is 0 Å². The smallest absolute Gasteiger partial charge is 0.00942 e. The number of nitrogens with one attached hydrogen (secondary N) is 1. The first kappa shape index (κ1) is 12.4. The maximum Gasteiger partial charge on any atom is 0.00942 e. The second-order valence-corrected chi connectivity index (χ2v) is 5.93. The maximum absolute atomic E-state index is 3.82. The summed E-state index contributed by atoms with van der Waals surface area (Å²) in [6, 6.07) is 1.55. The van der Waals surface area contributed by atoms with E-state index >= 15 is 0 Å². The van der Waals surface area contributed by atoms with Gasteiger partial charge < -0.3 is 10.2 Å². The first-order chi connectivity index (χ1) is 7.69. The lowest BCUT2D eigenvalue weighted by atomic mass is 9.96. The van der Waals surface area contributed by atoms with Gasteiger partial charge in [0.2, 0.25) is 0 Å². The van der Waals surface area contributed by atoms with Crippen molar-refractivity contribution in [1.29, 1.82) is 0 Å². The number of likely N-dealkylation sites (tertiary alicyclic amines) is 1. The van der Waals surface area contributed by atoms with Gasteiger partial charge in [0.1, 0.15) is 0 Å². The van der Waals surface area contributed by atoms with Crippen LogP contribution in [0.3, 0.4) is 0 Å². The molecule has 0 aromatic rings. The summed E-state index contributed by atoms with van der Waals surface area (Å²) in [6.45, 7) is 10.8. The molecule has 2 aliphatic rings. The summed E-state index contributed by atoms with van der Waals surface area (Å²) in [5, 5.41) is 3.82. The Kier molecular flexibility index (Phi) is 3.91. The standard InChI is InChI=1S/C14H28N2/c1-4-14(7-8-14)11-15-13-6-9-16(5-2)12(3)10-13/h12-13,15H,4-11H2,1-3H3. The molecule has 1 saturated carbocycles. The molecule has 94 valence electrons. The third-order valence-electron chi connectivity index (χ3n) is 4.89. The molecular weight excluding hydrogens is 196 g/mol. The minimum Gasteiger partial charge on any atom is -0.313 e. The maximum atomic E-state index is 3.82. The van der Waals surface area contributed by atoms with Gasteiger partial charge in [-0.3, -0.25) is 0 Å². The first-order valence-corrected chi connectivity index (χ1v) is 7.16. The lowest BCUT2D eigenvalue weighted by molar-refractivity contribution is 0.140. The van der Waals surface area contributed by atoms with Gasteiger partial charge in [0, 0.05) is 18.6 Å². The zero-order valence-electron chi connectivity index (χ0n) is 11.3. The minimum atomic E-state index is 0.700. The Morgan fingerprint density at radius 2 is 2.06 bits per heavy atom. The highest BCUT2D eigenvalue weighted by Crippen LogP contribution is 2.48. The van der Waals surface area contributed by atoms with Gasteiger partial charge in [0.25, 0.3) is 0 Å². The molecule has 1 heterocycles. The van der Waals surface area contributed by atoms with E-state index < -0.39 is 0 Å². The Hall–Kier alpha value is -0.0800. The summed E-state index contributed by atoms with van der Waals surface area (Å²) in [6.07, 6.45) is 6.97. The van der Waals surface area contributed by atoms with Crippen molar-refractivity contribution in [2.75, 3.05) is 19.6 Å². The van der Waals surface area contributed by atoms with E-state index in [2.05, 4.69) is 31.0 Å². The molecule has 2 nitrogen and oxygen atoms in total. The van der Waals surface area contributed by atoms with E-state index in [-0.39, 0.29) is 0 Å². The molecule has 16 heavy (non-hydrogen) atoms. The molecule has 0 spiro atoms. The van der Waals surface area contributed by atoms with Crippen molar-refractivity contribution in [1.82, 2.24) is 10.2 Å². The minimum absolute atomic E-state index is 0.700. The van der Waals surface area contributed by atoms with E-state index in [1.165, 1.54) is 51.7 Å². The van der Waals surface area contributed by atoms with E-state index in [0.29, 0.717) is 5.41 Å². The van der Waals surface area contributed by atoms with Gasteiger partial charge >= 0.3 is 0 Å². The number of piperidine rings is 1. The monoisotopic (exact) mass is 224 g/mol. The molecule has 0 aromatic heterocycles. The highest BCUT2D eigenvalue weighted by Gasteiger charge is 2.40. The van der Waals surface area contributed by atoms with Gasteiger partial charge in [0.05, 0.1) is 0 Å². The molecule has 0 aromatic carbocycles. The predicted molar refractivity (Wildman–Crippen MR) is 69.7 cm³/mol. The fourth-order valence-corrected chi connectivity index (χ4v) is 3.07. The topological polar surface area (TPSA) is 15.3 Å². The molecule has 1 N–H and O–H groups in total. The van der Waals surface area contributed by atoms with Gasteiger partial charge in [-0.25, -0.2) is 0 Å². The van der Waals surface area contributed by atoms with Crippen molar-refractivity contribution < 1.29 is 0 Å². The molecule has 0 radical (unpaired) electrons. The van der Waals surface area contributed by atoms with Crippen molar-refractivity contribution in [3.05, 3.63) is 0 Å².